The van der Waals surface area contributed by atoms with Gasteiger partial charge in [0.1, 0.15) is 0 Å². The smallest absolute Gasteiger partial charge is 0.232 e. The standard InChI is InChI=1S/C9H17NO2S3/c1-3-8(2)12-9(13)14-15-10-4-6-11-7-5-10/h8H,3-7H2,1-2H3. The van der Waals surface area contributed by atoms with Crippen LogP contribution in [0.2, 0.25) is 0 Å². The first-order chi connectivity index (χ1) is 7.22. The molecule has 1 aliphatic heterocycles. The molecule has 1 unspecified atom stereocenters. The number of thiocarbonyl (C=S) groups is 1. The quantitative estimate of drug-likeness (QED) is 0.440. The average molecular weight is 267 g/mol. The van der Waals surface area contributed by atoms with Gasteiger partial charge in [-0.05, 0) is 25.6 Å². The fourth-order valence-electron chi connectivity index (χ4n) is 0.972. The van der Waals surface area contributed by atoms with Crippen molar-refractivity contribution in [3.8, 4) is 0 Å². The maximum absolute atomic E-state index is 5.51. The van der Waals surface area contributed by atoms with Crippen molar-refractivity contribution in [2.45, 2.75) is 26.4 Å². The molecular weight excluding hydrogens is 250 g/mol. The van der Waals surface area contributed by atoms with E-state index in [4.69, 9.17) is 21.7 Å². The van der Waals surface area contributed by atoms with Gasteiger partial charge >= 0.3 is 0 Å². The molecule has 88 valence electrons. The van der Waals surface area contributed by atoms with Gasteiger partial charge in [-0.2, -0.15) is 0 Å². The number of hydrogen-bond acceptors (Lipinski definition) is 6. The van der Waals surface area contributed by atoms with Crippen LogP contribution in [0.15, 0.2) is 0 Å². The molecule has 1 aliphatic rings. The molecule has 0 aromatic carbocycles. The Morgan fingerprint density at radius 1 is 1.53 bits per heavy atom. The van der Waals surface area contributed by atoms with Crippen LogP contribution in [0.4, 0.5) is 0 Å². The van der Waals surface area contributed by atoms with E-state index in [2.05, 4.69) is 11.2 Å². The lowest BCUT2D eigenvalue weighted by Crippen LogP contribution is -2.30. The molecule has 0 amide bonds. The van der Waals surface area contributed by atoms with Gasteiger partial charge < -0.3 is 9.47 Å². The van der Waals surface area contributed by atoms with Gasteiger partial charge in [-0.3, -0.25) is 0 Å². The van der Waals surface area contributed by atoms with Crippen LogP contribution < -0.4 is 0 Å². The molecule has 0 aliphatic carbocycles. The summed E-state index contributed by atoms with van der Waals surface area (Å²) >= 11 is 5.13. The average Bonchev–Trinajstić information content (AvgIpc) is 2.27. The van der Waals surface area contributed by atoms with Gasteiger partial charge in [0, 0.05) is 34.9 Å². The normalized spacial score (nSPS) is 19.9. The monoisotopic (exact) mass is 267 g/mol. The first-order valence-electron chi connectivity index (χ1n) is 5.10. The topological polar surface area (TPSA) is 21.7 Å². The molecule has 0 bridgehead atoms. The Morgan fingerprint density at radius 2 is 2.20 bits per heavy atom. The summed E-state index contributed by atoms with van der Waals surface area (Å²) in [7, 11) is 3.18. The molecule has 3 nitrogen and oxygen atoms in total. The van der Waals surface area contributed by atoms with E-state index in [0.717, 1.165) is 32.7 Å². The molecule has 1 atom stereocenters. The molecule has 1 saturated heterocycles. The Balaban J connectivity index is 2.10. The largest absolute Gasteiger partial charge is 0.475 e. The van der Waals surface area contributed by atoms with E-state index in [0.29, 0.717) is 4.38 Å². The summed E-state index contributed by atoms with van der Waals surface area (Å²) in [5, 5.41) is 0. The van der Waals surface area contributed by atoms with Crippen molar-refractivity contribution < 1.29 is 9.47 Å². The molecule has 1 fully saturated rings. The third-order valence-corrected chi connectivity index (χ3v) is 4.91. The highest BCUT2D eigenvalue weighted by atomic mass is 33.1. The van der Waals surface area contributed by atoms with Crippen molar-refractivity contribution in [3.63, 3.8) is 0 Å². The minimum atomic E-state index is 0.218. The Hall–Kier alpha value is 0.510. The third-order valence-electron chi connectivity index (χ3n) is 2.05. The van der Waals surface area contributed by atoms with Crippen LogP contribution in [0.3, 0.4) is 0 Å². The number of ether oxygens (including phenoxy) is 2. The van der Waals surface area contributed by atoms with Crippen molar-refractivity contribution in [1.29, 1.82) is 0 Å². The van der Waals surface area contributed by atoms with Crippen molar-refractivity contribution >= 4 is 38.4 Å². The maximum Gasteiger partial charge on any atom is 0.232 e. The molecule has 6 heteroatoms. The fraction of sp³-hybridized carbons (Fsp3) is 0.889. The van der Waals surface area contributed by atoms with E-state index in [1.807, 2.05) is 6.92 Å². The van der Waals surface area contributed by atoms with E-state index in [-0.39, 0.29) is 6.10 Å². The van der Waals surface area contributed by atoms with Crippen LogP contribution in [0.1, 0.15) is 20.3 Å². The lowest BCUT2D eigenvalue weighted by Gasteiger charge is -2.24. The zero-order chi connectivity index (χ0) is 11.1. The SMILES string of the molecule is CCC(C)OC(=S)SSN1CCOCC1. The van der Waals surface area contributed by atoms with Gasteiger partial charge in [0.05, 0.1) is 19.3 Å². The van der Waals surface area contributed by atoms with Crippen molar-refractivity contribution in [3.05, 3.63) is 0 Å². The van der Waals surface area contributed by atoms with E-state index >= 15 is 0 Å². The number of hydrogen-bond donors (Lipinski definition) is 0. The summed E-state index contributed by atoms with van der Waals surface area (Å²) < 4.78 is 13.6. The van der Waals surface area contributed by atoms with Crippen molar-refractivity contribution in [1.82, 2.24) is 4.31 Å². The molecule has 1 rings (SSSR count). The second-order valence-corrected chi connectivity index (χ2v) is 6.07. The highest BCUT2D eigenvalue weighted by Gasteiger charge is 2.13. The molecule has 0 spiro atoms. The Labute approximate surface area is 105 Å². The Kier molecular flexibility index (Phi) is 7.00. The van der Waals surface area contributed by atoms with Gasteiger partial charge in [0.15, 0.2) is 0 Å². The second-order valence-electron chi connectivity index (χ2n) is 3.29. The number of nitrogens with zero attached hydrogens (tertiary/aromatic N) is 1. The summed E-state index contributed by atoms with van der Waals surface area (Å²) in [6.45, 7) is 7.67. The van der Waals surface area contributed by atoms with Crippen LogP contribution in [-0.2, 0) is 9.47 Å². The fourth-order valence-corrected chi connectivity index (χ4v) is 3.14. The van der Waals surface area contributed by atoms with E-state index < -0.39 is 0 Å². The lowest BCUT2D eigenvalue weighted by molar-refractivity contribution is 0.0779. The van der Waals surface area contributed by atoms with Crippen LogP contribution >= 0.6 is 34.0 Å². The van der Waals surface area contributed by atoms with Gasteiger partial charge in [-0.25, -0.2) is 4.31 Å². The first kappa shape index (κ1) is 13.6. The summed E-state index contributed by atoms with van der Waals surface area (Å²) in [6, 6.07) is 0. The minimum Gasteiger partial charge on any atom is -0.475 e. The lowest BCUT2D eigenvalue weighted by atomic mass is 10.3. The molecule has 0 radical (unpaired) electrons. The van der Waals surface area contributed by atoms with Crippen LogP contribution in [0.25, 0.3) is 0 Å². The van der Waals surface area contributed by atoms with Gasteiger partial charge in [-0.1, -0.05) is 6.92 Å². The van der Waals surface area contributed by atoms with E-state index in [1.54, 1.807) is 11.0 Å². The second kappa shape index (κ2) is 7.73. The molecule has 15 heavy (non-hydrogen) atoms. The van der Waals surface area contributed by atoms with Gasteiger partial charge in [0.2, 0.25) is 4.38 Å². The summed E-state index contributed by atoms with van der Waals surface area (Å²) in [4.78, 5) is 0. The Bertz CT molecular complexity index is 198. The van der Waals surface area contributed by atoms with Crippen molar-refractivity contribution in [2.24, 2.45) is 0 Å². The highest BCUT2D eigenvalue weighted by molar-refractivity contribution is 8.82. The first-order valence-corrected chi connectivity index (χ1v) is 7.61. The van der Waals surface area contributed by atoms with Crippen LogP contribution in [0, 0.1) is 0 Å². The van der Waals surface area contributed by atoms with Crippen LogP contribution in [0.5, 0.6) is 0 Å². The minimum absolute atomic E-state index is 0.218. The van der Waals surface area contributed by atoms with Crippen LogP contribution in [-0.4, -0.2) is 41.1 Å². The van der Waals surface area contributed by atoms with E-state index in [9.17, 15) is 0 Å². The predicted octanol–water partition coefficient (Wildman–Crippen LogP) is 2.72. The van der Waals surface area contributed by atoms with Gasteiger partial charge in [-0.15, -0.1) is 0 Å². The maximum atomic E-state index is 5.51. The van der Waals surface area contributed by atoms with Gasteiger partial charge in [0.25, 0.3) is 0 Å². The highest BCUT2D eigenvalue weighted by Crippen LogP contribution is 2.29. The summed E-state index contributed by atoms with van der Waals surface area (Å²) in [5.74, 6) is 0. The molecule has 0 saturated carbocycles. The van der Waals surface area contributed by atoms with E-state index in [1.165, 1.54) is 10.8 Å². The molecule has 0 aromatic rings. The predicted molar refractivity (Wildman–Crippen MR) is 71.0 cm³/mol. The molecule has 0 N–H and O–H groups in total. The molecular formula is C9H17NO2S3. The number of morpholine rings is 1. The Morgan fingerprint density at radius 3 is 2.80 bits per heavy atom. The summed E-state index contributed by atoms with van der Waals surface area (Å²) in [5.41, 5.74) is 0. The summed E-state index contributed by atoms with van der Waals surface area (Å²) in [6.07, 6.45) is 1.21. The zero-order valence-corrected chi connectivity index (χ0v) is 11.6. The number of rotatable bonds is 4. The molecule has 0 aromatic heterocycles. The van der Waals surface area contributed by atoms with Crippen molar-refractivity contribution in [2.75, 3.05) is 26.3 Å². The third kappa shape index (κ3) is 5.97. The zero-order valence-electron chi connectivity index (χ0n) is 9.10. The molecule has 1 heterocycles.